The van der Waals surface area contributed by atoms with Crippen molar-refractivity contribution >= 4 is 18.0 Å². The van der Waals surface area contributed by atoms with E-state index in [0.29, 0.717) is 11.3 Å². The Hall–Kier alpha value is -2.88. The van der Waals surface area contributed by atoms with E-state index in [2.05, 4.69) is 9.98 Å². The summed E-state index contributed by atoms with van der Waals surface area (Å²) in [6.07, 6.45) is 3.68. The van der Waals surface area contributed by atoms with Gasteiger partial charge in [-0.25, -0.2) is 14.8 Å². The number of ether oxygens (including phenoxy) is 2. The van der Waals surface area contributed by atoms with Crippen LogP contribution in [0.3, 0.4) is 0 Å². The molecule has 1 aromatic heterocycles. The number of pyridine rings is 1. The number of nitriles is 1. The number of aromatic nitrogens is 1. The van der Waals surface area contributed by atoms with Crippen LogP contribution in [0.4, 0.5) is 5.82 Å². The summed E-state index contributed by atoms with van der Waals surface area (Å²) in [5, 5.41) is 8.83. The molecule has 7 heteroatoms. The molecule has 0 spiro atoms. The maximum absolute atomic E-state index is 11.5. The largest absolute Gasteiger partial charge is 0.495 e. The summed E-state index contributed by atoms with van der Waals surface area (Å²) in [4.78, 5) is 19.4. The molecule has 0 aliphatic heterocycles. The Balaban J connectivity index is 2.95. The average molecular weight is 274 g/mol. The number of nitrogens with zero attached hydrogens (tertiary/aromatic N) is 3. The Kier molecular flexibility index (Phi) is 5.72. The molecule has 7 nitrogen and oxygen atoms in total. The van der Waals surface area contributed by atoms with E-state index in [1.807, 2.05) is 6.07 Å². The van der Waals surface area contributed by atoms with E-state index in [0.717, 1.165) is 6.20 Å². The van der Waals surface area contributed by atoms with Crippen LogP contribution in [0.25, 0.3) is 0 Å². The molecule has 1 rings (SSSR count). The Bertz CT molecular complexity index is 588. The quantitative estimate of drug-likeness (QED) is 0.488. The molecular weight excluding hydrogens is 260 g/mol. The van der Waals surface area contributed by atoms with Gasteiger partial charge in [-0.1, -0.05) is 0 Å². The van der Waals surface area contributed by atoms with Crippen molar-refractivity contribution in [1.82, 2.24) is 4.98 Å². The van der Waals surface area contributed by atoms with Gasteiger partial charge in [0.2, 0.25) is 0 Å². The maximum atomic E-state index is 11.5. The van der Waals surface area contributed by atoms with E-state index in [9.17, 15) is 4.79 Å². The van der Waals surface area contributed by atoms with E-state index in [1.165, 1.54) is 25.6 Å². The Morgan fingerprint density at radius 1 is 1.65 bits per heavy atom. The third-order valence-corrected chi connectivity index (χ3v) is 2.22. The third kappa shape index (κ3) is 3.81. The molecule has 0 unspecified atom stereocenters. The van der Waals surface area contributed by atoms with Gasteiger partial charge < -0.3 is 15.2 Å². The molecule has 0 atom stereocenters. The fraction of sp³-hybridized carbons (Fsp3) is 0.231. The molecule has 104 valence electrons. The molecule has 0 radical (unpaired) electrons. The van der Waals surface area contributed by atoms with Crippen molar-refractivity contribution in [3.05, 3.63) is 29.6 Å². The molecule has 2 N–H and O–H groups in total. The minimum Gasteiger partial charge on any atom is -0.495 e. The lowest BCUT2D eigenvalue weighted by Crippen LogP contribution is -2.10. The van der Waals surface area contributed by atoms with Crippen LogP contribution in [0.1, 0.15) is 12.5 Å². The number of carbonyl (C=O) groups is 1. The molecule has 20 heavy (non-hydrogen) atoms. The fourth-order valence-corrected chi connectivity index (χ4v) is 1.26. The zero-order valence-corrected chi connectivity index (χ0v) is 11.2. The highest BCUT2D eigenvalue weighted by Gasteiger charge is 2.08. The Morgan fingerprint density at radius 3 is 2.95 bits per heavy atom. The number of esters is 1. The molecule has 0 aliphatic rings. The van der Waals surface area contributed by atoms with Crippen LogP contribution in [-0.2, 0) is 9.53 Å². The predicted octanol–water partition coefficient (Wildman–Crippen LogP) is 1.07. The summed E-state index contributed by atoms with van der Waals surface area (Å²) in [6, 6.07) is 3.42. The third-order valence-electron chi connectivity index (χ3n) is 2.22. The topological polar surface area (TPSA) is 111 Å². The van der Waals surface area contributed by atoms with Crippen molar-refractivity contribution in [1.29, 1.82) is 5.26 Å². The molecule has 0 saturated heterocycles. The smallest absolute Gasteiger partial charge is 0.341 e. The number of rotatable bonds is 5. The Morgan fingerprint density at radius 2 is 2.40 bits per heavy atom. The molecule has 0 aromatic carbocycles. The van der Waals surface area contributed by atoms with Crippen molar-refractivity contribution in [2.75, 3.05) is 13.7 Å². The normalized spacial score (nSPS) is 11.2. The fourth-order valence-electron chi connectivity index (χ4n) is 1.26. The van der Waals surface area contributed by atoms with Crippen LogP contribution in [0, 0.1) is 11.3 Å². The number of methoxy groups -OCH3 is 1. The molecule has 1 heterocycles. The van der Waals surface area contributed by atoms with Crippen molar-refractivity contribution in [2.45, 2.75) is 6.92 Å². The van der Waals surface area contributed by atoms with Crippen LogP contribution in [-0.4, -0.2) is 30.9 Å². The molecule has 0 fully saturated rings. The summed E-state index contributed by atoms with van der Waals surface area (Å²) < 4.78 is 9.83. The van der Waals surface area contributed by atoms with Crippen LogP contribution in [0.2, 0.25) is 0 Å². The number of nitrogens with two attached hydrogens (primary N) is 1. The second-order valence-electron chi connectivity index (χ2n) is 3.46. The molecule has 0 aliphatic carbocycles. The minimum atomic E-state index is -0.570. The van der Waals surface area contributed by atoms with Gasteiger partial charge in [-0.3, -0.25) is 0 Å². The number of aliphatic imine (C=N–C) groups is 1. The highest BCUT2D eigenvalue weighted by molar-refractivity contribution is 6.09. The summed E-state index contributed by atoms with van der Waals surface area (Å²) >= 11 is 0. The Labute approximate surface area is 116 Å². The van der Waals surface area contributed by atoms with E-state index >= 15 is 0 Å². The van der Waals surface area contributed by atoms with Crippen molar-refractivity contribution in [2.24, 2.45) is 10.7 Å². The van der Waals surface area contributed by atoms with Crippen LogP contribution < -0.4 is 10.5 Å². The van der Waals surface area contributed by atoms with Crippen LogP contribution in [0.15, 0.2) is 29.0 Å². The van der Waals surface area contributed by atoms with Gasteiger partial charge in [-0.2, -0.15) is 5.26 Å². The first-order chi connectivity index (χ1) is 9.65. The van der Waals surface area contributed by atoms with Crippen molar-refractivity contribution < 1.29 is 14.3 Å². The summed E-state index contributed by atoms with van der Waals surface area (Å²) in [6.45, 7) is 1.93. The number of hydrogen-bond acceptors (Lipinski definition) is 7. The summed E-state index contributed by atoms with van der Waals surface area (Å²) in [5.41, 5.74) is 5.73. The van der Waals surface area contributed by atoms with Gasteiger partial charge in [0.05, 0.1) is 25.5 Å². The van der Waals surface area contributed by atoms with Gasteiger partial charge in [0.1, 0.15) is 17.4 Å². The number of carbonyl (C=O) groups excluding carboxylic acids is 1. The van der Waals surface area contributed by atoms with Gasteiger partial charge in [0.25, 0.3) is 0 Å². The van der Waals surface area contributed by atoms with Crippen LogP contribution >= 0.6 is 0 Å². The second kappa shape index (κ2) is 7.53. The average Bonchev–Trinajstić information content (AvgIpc) is 2.47. The first kappa shape index (κ1) is 15.2. The van der Waals surface area contributed by atoms with Gasteiger partial charge in [0.15, 0.2) is 5.82 Å². The zero-order chi connectivity index (χ0) is 15.0. The second-order valence-corrected chi connectivity index (χ2v) is 3.46. The standard InChI is InChI=1S/C13H14N4O3/c1-3-20-13(18)10(6-15)8-17-12-4-11(19-2)9(5-14)7-16-12/h4,6-8H,3,15H2,1-2H3/b10-6+,17-8?. The van der Waals surface area contributed by atoms with Gasteiger partial charge in [0, 0.05) is 18.5 Å². The SMILES string of the molecule is CCOC(=O)/C(C=Nc1cc(OC)c(C#N)cn1)=C/N. The minimum absolute atomic E-state index is 0.108. The lowest BCUT2D eigenvalue weighted by Gasteiger charge is -2.03. The summed E-state index contributed by atoms with van der Waals surface area (Å²) in [7, 11) is 1.44. The molecular formula is C13H14N4O3. The van der Waals surface area contributed by atoms with E-state index in [1.54, 1.807) is 6.92 Å². The lowest BCUT2D eigenvalue weighted by atomic mass is 10.3. The highest BCUT2D eigenvalue weighted by Crippen LogP contribution is 2.21. The van der Waals surface area contributed by atoms with E-state index in [-0.39, 0.29) is 18.0 Å². The van der Waals surface area contributed by atoms with E-state index in [4.69, 9.17) is 20.5 Å². The first-order valence-electron chi connectivity index (χ1n) is 5.73. The van der Waals surface area contributed by atoms with E-state index < -0.39 is 5.97 Å². The van der Waals surface area contributed by atoms with Gasteiger partial charge in [-0.05, 0) is 6.92 Å². The molecule has 0 saturated carbocycles. The molecule has 1 aromatic rings. The highest BCUT2D eigenvalue weighted by atomic mass is 16.5. The molecule has 0 bridgehead atoms. The monoisotopic (exact) mass is 274 g/mol. The summed E-state index contributed by atoms with van der Waals surface area (Å²) in [5.74, 6) is 0.0629. The zero-order valence-electron chi connectivity index (χ0n) is 11.2. The molecule has 0 amide bonds. The van der Waals surface area contributed by atoms with Crippen molar-refractivity contribution in [3.8, 4) is 11.8 Å². The first-order valence-corrected chi connectivity index (χ1v) is 5.73. The number of hydrogen-bond donors (Lipinski definition) is 1. The van der Waals surface area contributed by atoms with Crippen LogP contribution in [0.5, 0.6) is 5.75 Å². The van der Waals surface area contributed by atoms with Crippen molar-refractivity contribution in [3.63, 3.8) is 0 Å². The van der Waals surface area contributed by atoms with Gasteiger partial charge >= 0.3 is 5.97 Å². The maximum Gasteiger partial charge on any atom is 0.341 e. The van der Waals surface area contributed by atoms with Gasteiger partial charge in [-0.15, -0.1) is 0 Å². The lowest BCUT2D eigenvalue weighted by molar-refractivity contribution is -0.137. The predicted molar refractivity (Wildman–Crippen MR) is 72.6 cm³/mol.